The second-order valence-corrected chi connectivity index (χ2v) is 5.32. The standard InChI is InChI=1S/C12H16BrNO2S/c1-9(7-14-12(15)8-17-2)16-11-6-4-3-5-10(11)13/h3-6,9H,7-8H2,1-2H3,(H,14,15)/t9-/m1/s1. The van der Waals surface area contributed by atoms with Gasteiger partial charge in [-0.25, -0.2) is 0 Å². The van der Waals surface area contributed by atoms with E-state index >= 15 is 0 Å². The predicted octanol–water partition coefficient (Wildman–Crippen LogP) is 2.70. The minimum absolute atomic E-state index is 0.0417. The summed E-state index contributed by atoms with van der Waals surface area (Å²) in [6, 6.07) is 7.67. The highest BCUT2D eigenvalue weighted by molar-refractivity contribution is 9.10. The monoisotopic (exact) mass is 317 g/mol. The number of hydrogen-bond acceptors (Lipinski definition) is 3. The lowest BCUT2D eigenvalue weighted by Crippen LogP contribution is -2.34. The fourth-order valence-electron chi connectivity index (χ4n) is 1.24. The average Bonchev–Trinajstić information content (AvgIpc) is 2.30. The molecule has 3 nitrogen and oxygen atoms in total. The summed E-state index contributed by atoms with van der Waals surface area (Å²) in [5.41, 5.74) is 0. The average molecular weight is 318 g/mol. The molecule has 0 radical (unpaired) electrons. The molecule has 0 fully saturated rings. The van der Waals surface area contributed by atoms with Crippen molar-refractivity contribution in [1.82, 2.24) is 5.32 Å². The molecule has 1 N–H and O–H groups in total. The van der Waals surface area contributed by atoms with Gasteiger partial charge >= 0.3 is 0 Å². The number of halogens is 1. The van der Waals surface area contributed by atoms with E-state index in [1.54, 1.807) is 0 Å². The molecule has 0 heterocycles. The lowest BCUT2D eigenvalue weighted by atomic mass is 10.3. The Labute approximate surface area is 114 Å². The van der Waals surface area contributed by atoms with Crippen LogP contribution < -0.4 is 10.1 Å². The zero-order valence-corrected chi connectivity index (χ0v) is 12.3. The minimum atomic E-state index is -0.0560. The fraction of sp³-hybridized carbons (Fsp3) is 0.417. The highest BCUT2D eigenvalue weighted by Crippen LogP contribution is 2.24. The second kappa shape index (κ2) is 7.61. The zero-order chi connectivity index (χ0) is 12.7. The summed E-state index contributed by atoms with van der Waals surface area (Å²) in [5.74, 6) is 1.32. The first kappa shape index (κ1) is 14.4. The molecule has 0 aromatic heterocycles. The topological polar surface area (TPSA) is 38.3 Å². The van der Waals surface area contributed by atoms with Crippen LogP contribution in [0.1, 0.15) is 6.92 Å². The molecule has 5 heteroatoms. The Hall–Kier alpha value is -0.680. The Kier molecular flexibility index (Phi) is 6.44. The van der Waals surface area contributed by atoms with Gasteiger partial charge in [0.15, 0.2) is 0 Å². The van der Waals surface area contributed by atoms with Crippen molar-refractivity contribution in [3.05, 3.63) is 28.7 Å². The molecule has 0 aliphatic rings. The van der Waals surface area contributed by atoms with Gasteiger partial charge in [-0.2, -0.15) is 11.8 Å². The number of thioether (sulfide) groups is 1. The van der Waals surface area contributed by atoms with Crippen LogP contribution in [-0.2, 0) is 4.79 Å². The number of hydrogen-bond donors (Lipinski definition) is 1. The minimum Gasteiger partial charge on any atom is -0.488 e. The van der Waals surface area contributed by atoms with Crippen molar-refractivity contribution >= 4 is 33.6 Å². The van der Waals surface area contributed by atoms with Crippen molar-refractivity contribution in [2.75, 3.05) is 18.6 Å². The van der Waals surface area contributed by atoms with Crippen LogP contribution in [0.25, 0.3) is 0 Å². The van der Waals surface area contributed by atoms with Crippen LogP contribution in [0, 0.1) is 0 Å². The molecule has 1 aromatic rings. The maximum absolute atomic E-state index is 11.3. The molecular formula is C12H16BrNO2S. The molecule has 1 rings (SSSR count). The summed E-state index contributed by atoms with van der Waals surface area (Å²) in [6.07, 6.45) is 1.85. The number of amides is 1. The number of carbonyl (C=O) groups is 1. The molecule has 0 aliphatic heterocycles. The number of para-hydroxylation sites is 1. The molecule has 17 heavy (non-hydrogen) atoms. The third-order valence-electron chi connectivity index (χ3n) is 2.03. The van der Waals surface area contributed by atoms with E-state index in [0.29, 0.717) is 12.3 Å². The van der Waals surface area contributed by atoms with Gasteiger partial charge in [0.1, 0.15) is 11.9 Å². The van der Waals surface area contributed by atoms with Gasteiger partial charge in [-0.3, -0.25) is 4.79 Å². The van der Waals surface area contributed by atoms with Crippen molar-refractivity contribution < 1.29 is 9.53 Å². The van der Waals surface area contributed by atoms with E-state index in [0.717, 1.165) is 10.2 Å². The molecule has 0 bridgehead atoms. The van der Waals surface area contributed by atoms with Crippen LogP contribution in [0.5, 0.6) is 5.75 Å². The van der Waals surface area contributed by atoms with Gasteiger partial charge < -0.3 is 10.1 Å². The molecule has 1 atom stereocenters. The van der Waals surface area contributed by atoms with Crippen molar-refractivity contribution in [3.8, 4) is 5.75 Å². The van der Waals surface area contributed by atoms with Crippen molar-refractivity contribution in [1.29, 1.82) is 0 Å². The molecule has 1 amide bonds. The summed E-state index contributed by atoms with van der Waals surface area (Å²) in [7, 11) is 0. The van der Waals surface area contributed by atoms with Gasteiger partial charge in [0, 0.05) is 0 Å². The van der Waals surface area contributed by atoms with Crippen LogP contribution in [0.4, 0.5) is 0 Å². The van der Waals surface area contributed by atoms with Crippen LogP contribution >= 0.6 is 27.7 Å². The van der Waals surface area contributed by atoms with Gasteiger partial charge in [-0.15, -0.1) is 0 Å². The summed E-state index contributed by atoms with van der Waals surface area (Å²) < 4.78 is 6.62. The SMILES string of the molecule is CSCC(=O)NC[C@@H](C)Oc1ccccc1Br. The molecule has 0 saturated heterocycles. The second-order valence-electron chi connectivity index (χ2n) is 3.60. The van der Waals surface area contributed by atoms with Gasteiger partial charge in [-0.05, 0) is 41.2 Å². The molecule has 0 unspecified atom stereocenters. The van der Waals surface area contributed by atoms with Crippen LogP contribution in [-0.4, -0.2) is 30.6 Å². The van der Waals surface area contributed by atoms with E-state index in [4.69, 9.17) is 4.74 Å². The van der Waals surface area contributed by atoms with Crippen LogP contribution in [0.2, 0.25) is 0 Å². The third kappa shape index (κ3) is 5.46. The summed E-state index contributed by atoms with van der Waals surface area (Å²) in [5, 5.41) is 2.82. The molecular weight excluding hydrogens is 302 g/mol. The number of carbonyl (C=O) groups excluding carboxylic acids is 1. The first-order valence-corrected chi connectivity index (χ1v) is 7.49. The largest absolute Gasteiger partial charge is 0.488 e. The maximum Gasteiger partial charge on any atom is 0.230 e. The Bertz CT molecular complexity index is 373. The van der Waals surface area contributed by atoms with Crippen molar-refractivity contribution in [2.45, 2.75) is 13.0 Å². The predicted molar refractivity (Wildman–Crippen MR) is 75.6 cm³/mol. The van der Waals surface area contributed by atoms with Gasteiger partial charge in [-0.1, -0.05) is 12.1 Å². The molecule has 0 aliphatic carbocycles. The molecule has 0 spiro atoms. The van der Waals surface area contributed by atoms with E-state index in [2.05, 4.69) is 21.2 Å². The lowest BCUT2D eigenvalue weighted by molar-refractivity contribution is -0.118. The zero-order valence-electron chi connectivity index (χ0n) is 9.90. The Morgan fingerprint density at radius 2 is 2.24 bits per heavy atom. The fourth-order valence-corrected chi connectivity index (χ4v) is 1.98. The van der Waals surface area contributed by atoms with Gasteiger partial charge in [0.25, 0.3) is 0 Å². The number of nitrogens with one attached hydrogen (secondary N) is 1. The van der Waals surface area contributed by atoms with Gasteiger partial charge in [0.05, 0.1) is 16.8 Å². The van der Waals surface area contributed by atoms with E-state index < -0.39 is 0 Å². The van der Waals surface area contributed by atoms with Crippen molar-refractivity contribution in [3.63, 3.8) is 0 Å². The van der Waals surface area contributed by atoms with Crippen LogP contribution in [0.15, 0.2) is 28.7 Å². The highest BCUT2D eigenvalue weighted by atomic mass is 79.9. The third-order valence-corrected chi connectivity index (χ3v) is 3.23. The summed E-state index contributed by atoms with van der Waals surface area (Å²) in [6.45, 7) is 2.44. The number of ether oxygens (including phenoxy) is 1. The van der Waals surface area contributed by atoms with E-state index in [1.165, 1.54) is 11.8 Å². The maximum atomic E-state index is 11.3. The number of rotatable bonds is 6. The Balaban J connectivity index is 2.37. The molecule has 1 aromatic carbocycles. The summed E-state index contributed by atoms with van der Waals surface area (Å²) >= 11 is 4.92. The lowest BCUT2D eigenvalue weighted by Gasteiger charge is -2.16. The molecule has 0 saturated carbocycles. The normalized spacial score (nSPS) is 11.9. The molecule has 94 valence electrons. The van der Waals surface area contributed by atoms with Gasteiger partial charge in [0.2, 0.25) is 5.91 Å². The van der Waals surface area contributed by atoms with E-state index in [-0.39, 0.29) is 12.0 Å². The quantitative estimate of drug-likeness (QED) is 0.876. The van der Waals surface area contributed by atoms with E-state index in [9.17, 15) is 4.79 Å². The number of benzene rings is 1. The smallest absolute Gasteiger partial charge is 0.230 e. The summed E-state index contributed by atoms with van der Waals surface area (Å²) in [4.78, 5) is 11.3. The Morgan fingerprint density at radius 3 is 2.88 bits per heavy atom. The first-order chi connectivity index (χ1) is 8.13. The van der Waals surface area contributed by atoms with Crippen LogP contribution in [0.3, 0.4) is 0 Å². The first-order valence-electron chi connectivity index (χ1n) is 5.30. The van der Waals surface area contributed by atoms with E-state index in [1.807, 2.05) is 37.4 Å². The highest BCUT2D eigenvalue weighted by Gasteiger charge is 2.08. The van der Waals surface area contributed by atoms with Crippen molar-refractivity contribution in [2.24, 2.45) is 0 Å². The Morgan fingerprint density at radius 1 is 1.53 bits per heavy atom.